The minimum Gasteiger partial charge on any atom is -0.493 e. The van der Waals surface area contributed by atoms with Gasteiger partial charge in [-0.1, -0.05) is 26.8 Å². The number of ether oxygens (including phenoxy) is 4. The van der Waals surface area contributed by atoms with E-state index in [0.29, 0.717) is 31.5 Å². The molecule has 10 heteroatoms. The molecule has 0 saturated heterocycles. The first-order valence-electron chi connectivity index (χ1n) is 10.3. The van der Waals surface area contributed by atoms with Gasteiger partial charge in [0.25, 0.3) is 0 Å². The quantitative estimate of drug-likeness (QED) is 0.436. The van der Waals surface area contributed by atoms with Crippen molar-refractivity contribution in [3.05, 3.63) is 23.8 Å². The van der Waals surface area contributed by atoms with Gasteiger partial charge in [0.15, 0.2) is 24.4 Å². The summed E-state index contributed by atoms with van der Waals surface area (Å²) >= 11 is 0. The van der Waals surface area contributed by atoms with E-state index >= 15 is 0 Å². The second-order valence-corrected chi connectivity index (χ2v) is 8.56. The summed E-state index contributed by atoms with van der Waals surface area (Å²) in [7, 11) is 4.40. The number of halogens is 3. The van der Waals surface area contributed by atoms with Crippen LogP contribution in [-0.4, -0.2) is 65.4 Å². The van der Waals surface area contributed by atoms with Gasteiger partial charge in [0.05, 0.1) is 13.2 Å². The van der Waals surface area contributed by atoms with Crippen molar-refractivity contribution in [2.24, 2.45) is 5.41 Å². The summed E-state index contributed by atoms with van der Waals surface area (Å²) < 4.78 is 57.7. The van der Waals surface area contributed by atoms with Crippen LogP contribution >= 0.6 is 0 Å². The molecule has 0 saturated carbocycles. The third-order valence-corrected chi connectivity index (χ3v) is 4.52. The molecular weight excluding hydrogens is 429 g/mol. The Hall–Kier alpha value is -2.04. The van der Waals surface area contributed by atoms with Gasteiger partial charge >= 0.3 is 6.18 Å². The van der Waals surface area contributed by atoms with Gasteiger partial charge in [-0.15, -0.1) is 0 Å². The molecule has 0 bridgehead atoms. The Labute approximate surface area is 187 Å². The molecule has 1 amide bonds. The fourth-order valence-electron chi connectivity index (χ4n) is 2.97. The Kier molecular flexibility index (Phi) is 11.2. The number of carbonyl (C=O) groups is 1. The van der Waals surface area contributed by atoms with Crippen LogP contribution in [0.3, 0.4) is 0 Å². The van der Waals surface area contributed by atoms with Gasteiger partial charge in [-0.3, -0.25) is 4.79 Å². The molecule has 1 rings (SSSR count). The fourth-order valence-corrected chi connectivity index (χ4v) is 2.97. The Morgan fingerprint density at radius 2 is 1.72 bits per heavy atom. The average molecular weight is 465 g/mol. The molecule has 0 unspecified atom stereocenters. The first kappa shape index (κ1) is 28.0. The largest absolute Gasteiger partial charge is 0.493 e. The summed E-state index contributed by atoms with van der Waals surface area (Å²) in [4.78, 5) is 12.8. The van der Waals surface area contributed by atoms with Crippen LogP contribution in [0.5, 0.6) is 11.5 Å². The van der Waals surface area contributed by atoms with Crippen molar-refractivity contribution in [1.29, 1.82) is 0 Å². The van der Waals surface area contributed by atoms with Crippen molar-refractivity contribution in [3.8, 4) is 11.5 Å². The zero-order valence-corrected chi connectivity index (χ0v) is 19.6. The van der Waals surface area contributed by atoms with Crippen molar-refractivity contribution >= 4 is 5.91 Å². The average Bonchev–Trinajstić information content (AvgIpc) is 2.70. The molecule has 0 aliphatic heterocycles. The predicted octanol–water partition coefficient (Wildman–Crippen LogP) is 3.31. The number of benzene rings is 1. The van der Waals surface area contributed by atoms with Gasteiger partial charge in [-0.05, 0) is 36.0 Å². The molecule has 0 aromatic heterocycles. The minimum atomic E-state index is -4.45. The second-order valence-electron chi connectivity index (χ2n) is 8.56. The van der Waals surface area contributed by atoms with E-state index in [1.165, 1.54) is 27.4 Å². The molecule has 0 radical (unpaired) electrons. The van der Waals surface area contributed by atoms with E-state index in [9.17, 15) is 18.0 Å². The molecule has 0 aliphatic carbocycles. The van der Waals surface area contributed by atoms with E-state index in [4.69, 9.17) is 18.9 Å². The summed E-state index contributed by atoms with van der Waals surface area (Å²) in [5.41, 5.74) is 0.619. The molecule has 32 heavy (non-hydrogen) atoms. The van der Waals surface area contributed by atoms with Gasteiger partial charge in [0, 0.05) is 27.3 Å². The van der Waals surface area contributed by atoms with Gasteiger partial charge in [0.2, 0.25) is 5.91 Å². The lowest BCUT2D eigenvalue weighted by Gasteiger charge is -2.27. The maximum atomic E-state index is 12.8. The topological polar surface area (TPSA) is 78.1 Å². The van der Waals surface area contributed by atoms with E-state index < -0.39 is 25.1 Å². The van der Waals surface area contributed by atoms with Crippen molar-refractivity contribution in [2.45, 2.75) is 52.1 Å². The van der Waals surface area contributed by atoms with Crippen LogP contribution in [0.15, 0.2) is 18.2 Å². The third-order valence-electron chi connectivity index (χ3n) is 4.52. The first-order chi connectivity index (χ1) is 14.9. The van der Waals surface area contributed by atoms with Crippen LogP contribution in [0.2, 0.25) is 0 Å². The van der Waals surface area contributed by atoms with Crippen LogP contribution in [-0.2, 0) is 20.7 Å². The third kappa shape index (κ3) is 11.0. The van der Waals surface area contributed by atoms with E-state index in [-0.39, 0.29) is 22.8 Å². The molecular formula is C22H35F3N2O5. The van der Waals surface area contributed by atoms with Crippen LogP contribution in [0.1, 0.15) is 32.8 Å². The number of carbonyl (C=O) groups excluding carboxylic acids is 1. The Morgan fingerprint density at radius 1 is 1.06 bits per heavy atom. The lowest BCUT2D eigenvalue weighted by atomic mass is 9.87. The maximum absolute atomic E-state index is 12.8. The summed E-state index contributed by atoms with van der Waals surface area (Å²) in [5, 5.41) is 6.06. The molecule has 0 spiro atoms. The summed E-state index contributed by atoms with van der Waals surface area (Å²) in [5.74, 6) is 0.0429. The monoisotopic (exact) mass is 464 g/mol. The molecule has 0 aliphatic rings. The number of amides is 1. The Morgan fingerprint density at radius 3 is 2.25 bits per heavy atom. The van der Waals surface area contributed by atoms with Crippen molar-refractivity contribution in [3.63, 3.8) is 0 Å². The SMILES string of the molecule is COc1ccc(CCNC(=O)[C@@H](CC(C)(C)C)NCC(OC)OC)cc1OCC(F)(F)F. The van der Waals surface area contributed by atoms with Crippen LogP contribution < -0.4 is 20.1 Å². The number of alkyl halides is 3. The van der Waals surface area contributed by atoms with Gasteiger partial charge in [-0.2, -0.15) is 13.2 Å². The maximum Gasteiger partial charge on any atom is 0.422 e. The highest BCUT2D eigenvalue weighted by molar-refractivity contribution is 5.81. The molecule has 2 N–H and O–H groups in total. The Bertz CT molecular complexity index is 704. The van der Waals surface area contributed by atoms with Crippen LogP contribution in [0, 0.1) is 5.41 Å². The number of nitrogens with one attached hydrogen (secondary N) is 2. The molecule has 184 valence electrons. The highest BCUT2D eigenvalue weighted by atomic mass is 19.4. The van der Waals surface area contributed by atoms with Gasteiger partial charge in [-0.25, -0.2) is 0 Å². The zero-order valence-electron chi connectivity index (χ0n) is 19.6. The first-order valence-corrected chi connectivity index (χ1v) is 10.3. The highest BCUT2D eigenvalue weighted by Crippen LogP contribution is 2.30. The standard InChI is InChI=1S/C22H35F3N2O5/c1-21(2,3)12-16(27-13-19(30-5)31-6)20(28)26-10-9-15-7-8-17(29-4)18(11-15)32-14-22(23,24)25/h7-8,11,16,19,27H,9-10,12-14H2,1-6H3,(H,26,28)/t16-/m1/s1. The number of methoxy groups -OCH3 is 3. The summed E-state index contributed by atoms with van der Waals surface area (Å²) in [6.45, 7) is 5.37. The van der Waals surface area contributed by atoms with Crippen LogP contribution in [0.4, 0.5) is 13.2 Å². The molecule has 0 heterocycles. The van der Waals surface area contributed by atoms with Crippen molar-refractivity contribution < 1.29 is 36.9 Å². The molecule has 7 nitrogen and oxygen atoms in total. The molecule has 0 fully saturated rings. The van der Waals surface area contributed by atoms with Crippen molar-refractivity contribution in [2.75, 3.05) is 41.0 Å². The fraction of sp³-hybridized carbons (Fsp3) is 0.682. The number of hydrogen-bond acceptors (Lipinski definition) is 6. The van der Waals surface area contributed by atoms with Crippen molar-refractivity contribution in [1.82, 2.24) is 10.6 Å². The molecule has 1 aromatic carbocycles. The number of rotatable bonds is 13. The lowest BCUT2D eigenvalue weighted by molar-refractivity contribution is -0.153. The van der Waals surface area contributed by atoms with Crippen LogP contribution in [0.25, 0.3) is 0 Å². The van der Waals surface area contributed by atoms with E-state index in [1.807, 2.05) is 20.8 Å². The second kappa shape index (κ2) is 12.9. The predicted molar refractivity (Wildman–Crippen MR) is 115 cm³/mol. The minimum absolute atomic E-state index is 0.00565. The Balaban J connectivity index is 2.72. The smallest absolute Gasteiger partial charge is 0.422 e. The highest BCUT2D eigenvalue weighted by Gasteiger charge is 2.29. The van der Waals surface area contributed by atoms with Gasteiger partial charge in [0.1, 0.15) is 0 Å². The van der Waals surface area contributed by atoms with E-state index in [0.717, 1.165) is 0 Å². The normalized spacial score (nSPS) is 13.2. The lowest BCUT2D eigenvalue weighted by Crippen LogP contribution is -2.49. The zero-order chi connectivity index (χ0) is 24.4. The molecule has 1 aromatic rings. The van der Waals surface area contributed by atoms with E-state index in [1.54, 1.807) is 12.1 Å². The summed E-state index contributed by atoms with van der Waals surface area (Å²) in [6.07, 6.45) is -3.91. The number of hydrogen-bond donors (Lipinski definition) is 2. The van der Waals surface area contributed by atoms with Gasteiger partial charge < -0.3 is 29.6 Å². The summed E-state index contributed by atoms with van der Waals surface area (Å²) in [6, 6.07) is 4.30. The molecule has 1 atom stereocenters. The van der Waals surface area contributed by atoms with E-state index in [2.05, 4.69) is 10.6 Å².